The molecule has 0 saturated heterocycles. The monoisotopic (exact) mass is 431 g/mol. The van der Waals surface area contributed by atoms with E-state index in [1.54, 1.807) is 18.2 Å². The Labute approximate surface area is 187 Å². The number of fused-ring (bicyclic) bond motifs is 1. The van der Waals surface area contributed by atoms with Gasteiger partial charge in [-0.1, -0.05) is 18.2 Å². The number of hydrogen-bond donors (Lipinski definition) is 1. The van der Waals surface area contributed by atoms with Crippen LogP contribution >= 0.6 is 0 Å². The number of methoxy groups -OCH3 is 1. The summed E-state index contributed by atoms with van der Waals surface area (Å²) in [6.45, 7) is 6.18. The summed E-state index contributed by atoms with van der Waals surface area (Å²) >= 11 is 0. The Balaban J connectivity index is 2.11. The molecule has 1 saturated carbocycles. The van der Waals surface area contributed by atoms with Crippen molar-refractivity contribution >= 4 is 11.8 Å². The lowest BCUT2D eigenvalue weighted by Gasteiger charge is -2.47. The lowest BCUT2D eigenvalue weighted by atomic mass is 9.55. The molecule has 3 atom stereocenters. The van der Waals surface area contributed by atoms with Crippen molar-refractivity contribution < 1.29 is 14.3 Å². The second-order valence-corrected chi connectivity index (χ2v) is 8.94. The SMILES string of the molecule is COC(=O)N1CC=C2[C@@H](C1)[C@@H](c1ccc(OC(C)(C)C)cc1)C(C#N)C(=N)C2(C#N)C#N. The van der Waals surface area contributed by atoms with Crippen molar-refractivity contribution in [3.8, 4) is 24.0 Å². The molecule has 1 aliphatic heterocycles. The summed E-state index contributed by atoms with van der Waals surface area (Å²) in [5, 5.41) is 38.4. The van der Waals surface area contributed by atoms with E-state index in [4.69, 9.17) is 14.9 Å². The van der Waals surface area contributed by atoms with Crippen LogP contribution < -0.4 is 4.74 Å². The molecule has 32 heavy (non-hydrogen) atoms. The van der Waals surface area contributed by atoms with Gasteiger partial charge in [-0.05, 0) is 44.0 Å². The molecule has 164 valence electrons. The first-order valence-electron chi connectivity index (χ1n) is 10.2. The van der Waals surface area contributed by atoms with E-state index < -0.39 is 29.3 Å². The van der Waals surface area contributed by atoms with E-state index in [0.29, 0.717) is 11.3 Å². The Morgan fingerprint density at radius 1 is 1.19 bits per heavy atom. The second kappa shape index (κ2) is 8.36. The molecule has 1 aliphatic carbocycles. The third-order valence-corrected chi connectivity index (χ3v) is 5.89. The van der Waals surface area contributed by atoms with Crippen LogP contribution in [-0.4, -0.2) is 42.5 Å². The Morgan fingerprint density at radius 3 is 2.31 bits per heavy atom. The van der Waals surface area contributed by atoms with Gasteiger partial charge in [0.2, 0.25) is 5.41 Å². The molecule has 1 heterocycles. The fourth-order valence-electron chi connectivity index (χ4n) is 4.54. The number of nitrogens with one attached hydrogen (secondary N) is 1. The second-order valence-electron chi connectivity index (χ2n) is 8.94. The molecule has 2 aliphatic rings. The van der Waals surface area contributed by atoms with Crippen LogP contribution in [0.25, 0.3) is 0 Å². The van der Waals surface area contributed by atoms with Crippen LogP contribution in [0.2, 0.25) is 0 Å². The predicted octanol–water partition coefficient (Wildman–Crippen LogP) is 3.78. The molecule has 1 N–H and O–H groups in total. The van der Waals surface area contributed by atoms with Crippen LogP contribution in [0.5, 0.6) is 5.75 Å². The molecule has 1 aromatic rings. The maximum absolute atomic E-state index is 12.2. The molecule has 0 radical (unpaired) electrons. The van der Waals surface area contributed by atoms with Crippen LogP contribution in [0, 0.1) is 56.7 Å². The van der Waals surface area contributed by atoms with E-state index in [2.05, 4.69) is 6.07 Å². The number of ether oxygens (including phenoxy) is 2. The standard InChI is InChI=1S/C24H25N5O3/c1-23(2,3)32-16-7-5-15(6-8-16)20-17(11-25)21(28)24(13-26,14-27)19-9-10-29(12-18(19)20)22(30)31-4/h5-9,17-18,20,28H,10,12H2,1-4H3/t17?,18-,20+/m1/s1. The minimum Gasteiger partial charge on any atom is -0.488 e. The number of carbonyl (C=O) groups is 1. The third kappa shape index (κ3) is 3.79. The molecule has 3 rings (SSSR count). The number of hydrogen-bond acceptors (Lipinski definition) is 7. The fourth-order valence-corrected chi connectivity index (χ4v) is 4.54. The van der Waals surface area contributed by atoms with E-state index in [1.807, 2.05) is 45.0 Å². The number of rotatable bonds is 2. The summed E-state index contributed by atoms with van der Waals surface area (Å²) in [6.07, 6.45) is 1.13. The molecule has 0 spiro atoms. The van der Waals surface area contributed by atoms with Gasteiger partial charge in [0.05, 0.1) is 36.9 Å². The van der Waals surface area contributed by atoms with Crippen molar-refractivity contribution in [2.24, 2.45) is 17.3 Å². The quantitative estimate of drug-likeness (QED) is 0.708. The topological polar surface area (TPSA) is 134 Å². The zero-order valence-corrected chi connectivity index (χ0v) is 18.5. The molecule has 0 bridgehead atoms. The summed E-state index contributed by atoms with van der Waals surface area (Å²) in [4.78, 5) is 13.7. The van der Waals surface area contributed by atoms with Gasteiger partial charge < -0.3 is 19.8 Å². The van der Waals surface area contributed by atoms with Crippen LogP contribution in [0.15, 0.2) is 35.9 Å². The molecule has 0 aromatic heterocycles. The molecular weight excluding hydrogens is 406 g/mol. The number of benzene rings is 1. The summed E-state index contributed by atoms with van der Waals surface area (Å²) in [7, 11) is 1.29. The summed E-state index contributed by atoms with van der Waals surface area (Å²) in [5.74, 6) is -1.33. The average Bonchev–Trinajstić information content (AvgIpc) is 2.77. The summed E-state index contributed by atoms with van der Waals surface area (Å²) in [5.41, 5.74) is -1.17. The highest BCUT2D eigenvalue weighted by Crippen LogP contribution is 2.52. The molecule has 1 aromatic carbocycles. The average molecular weight is 431 g/mol. The van der Waals surface area contributed by atoms with Crippen molar-refractivity contribution in [1.82, 2.24) is 4.90 Å². The van der Waals surface area contributed by atoms with E-state index in [-0.39, 0.29) is 24.4 Å². The van der Waals surface area contributed by atoms with Crippen LogP contribution in [-0.2, 0) is 4.74 Å². The Morgan fingerprint density at radius 2 is 1.81 bits per heavy atom. The van der Waals surface area contributed by atoms with Crippen LogP contribution in [0.1, 0.15) is 32.3 Å². The lowest BCUT2D eigenvalue weighted by Crippen LogP contribution is -2.53. The van der Waals surface area contributed by atoms with Gasteiger partial charge >= 0.3 is 6.09 Å². The zero-order valence-electron chi connectivity index (χ0n) is 18.5. The highest BCUT2D eigenvalue weighted by Gasteiger charge is 2.56. The van der Waals surface area contributed by atoms with Crippen LogP contribution in [0.3, 0.4) is 0 Å². The van der Waals surface area contributed by atoms with Gasteiger partial charge in [0, 0.05) is 24.9 Å². The Hall–Kier alpha value is -3.83. The molecule has 1 fully saturated rings. The predicted molar refractivity (Wildman–Crippen MR) is 116 cm³/mol. The summed E-state index contributed by atoms with van der Waals surface area (Å²) in [6, 6.07) is 13.4. The van der Waals surface area contributed by atoms with E-state index >= 15 is 0 Å². The zero-order chi connectivity index (χ0) is 23.7. The first-order chi connectivity index (χ1) is 15.1. The van der Waals surface area contributed by atoms with Crippen molar-refractivity contribution in [2.75, 3.05) is 20.2 Å². The van der Waals surface area contributed by atoms with Gasteiger partial charge in [0.15, 0.2) is 0 Å². The van der Waals surface area contributed by atoms with E-state index in [1.165, 1.54) is 12.0 Å². The molecule has 8 heteroatoms. The van der Waals surface area contributed by atoms with Gasteiger partial charge in [-0.15, -0.1) is 0 Å². The highest BCUT2D eigenvalue weighted by atomic mass is 16.5. The molecule has 8 nitrogen and oxygen atoms in total. The van der Waals surface area contributed by atoms with Crippen LogP contribution in [0.4, 0.5) is 4.79 Å². The number of amides is 1. The largest absolute Gasteiger partial charge is 0.488 e. The first-order valence-corrected chi connectivity index (χ1v) is 10.2. The fraction of sp³-hybridized carbons (Fsp3) is 0.458. The molecule has 1 unspecified atom stereocenters. The van der Waals surface area contributed by atoms with E-state index in [9.17, 15) is 20.6 Å². The Kier molecular flexibility index (Phi) is 5.97. The van der Waals surface area contributed by atoms with Crippen molar-refractivity contribution in [2.45, 2.75) is 32.3 Å². The highest BCUT2D eigenvalue weighted by molar-refractivity contribution is 6.01. The number of nitriles is 3. The first kappa shape index (κ1) is 22.8. The molecular formula is C24H25N5O3. The minimum atomic E-state index is -1.82. The van der Waals surface area contributed by atoms with Crippen molar-refractivity contribution in [3.63, 3.8) is 0 Å². The van der Waals surface area contributed by atoms with Gasteiger partial charge in [-0.2, -0.15) is 15.8 Å². The van der Waals surface area contributed by atoms with Gasteiger partial charge in [0.1, 0.15) is 11.4 Å². The summed E-state index contributed by atoms with van der Waals surface area (Å²) < 4.78 is 10.7. The third-order valence-electron chi connectivity index (χ3n) is 5.89. The van der Waals surface area contributed by atoms with Gasteiger partial charge in [0.25, 0.3) is 0 Å². The van der Waals surface area contributed by atoms with E-state index in [0.717, 1.165) is 5.56 Å². The molecule has 1 amide bonds. The normalized spacial score (nSPS) is 24.2. The number of carbonyl (C=O) groups excluding carboxylic acids is 1. The smallest absolute Gasteiger partial charge is 0.409 e. The lowest BCUT2D eigenvalue weighted by molar-refractivity contribution is 0.115. The Bertz CT molecular complexity index is 1070. The van der Waals surface area contributed by atoms with Crippen molar-refractivity contribution in [1.29, 1.82) is 21.2 Å². The van der Waals surface area contributed by atoms with Gasteiger partial charge in [-0.25, -0.2) is 4.79 Å². The van der Waals surface area contributed by atoms with Gasteiger partial charge in [-0.3, -0.25) is 0 Å². The maximum Gasteiger partial charge on any atom is 0.409 e. The van der Waals surface area contributed by atoms with Crippen molar-refractivity contribution in [3.05, 3.63) is 41.5 Å². The minimum absolute atomic E-state index is 0.166. The number of nitrogens with zero attached hydrogens (tertiary/aromatic N) is 4. The maximum atomic E-state index is 12.2.